The van der Waals surface area contributed by atoms with E-state index in [0.29, 0.717) is 13.0 Å². The Hall–Kier alpha value is -1.06. The third-order valence-corrected chi connectivity index (χ3v) is 4.23. The second-order valence-electron chi connectivity index (χ2n) is 5.48. The first-order valence-electron chi connectivity index (χ1n) is 6.61. The molecule has 0 bridgehead atoms. The number of hydrogen-bond donors (Lipinski definition) is 0. The predicted molar refractivity (Wildman–Crippen MR) is 77.9 cm³/mol. The van der Waals surface area contributed by atoms with Crippen molar-refractivity contribution in [1.29, 1.82) is 5.26 Å². The molecule has 5 nitrogen and oxygen atoms in total. The third kappa shape index (κ3) is 4.80. The number of nitriles is 1. The van der Waals surface area contributed by atoms with Crippen molar-refractivity contribution in [3.8, 4) is 6.07 Å². The molecule has 0 N–H and O–H groups in total. The largest absolute Gasteiger partial charge is 0.333 e. The molecule has 0 atom stereocenters. The minimum atomic E-state index is -3.79. The van der Waals surface area contributed by atoms with Crippen LogP contribution in [0.1, 0.15) is 45.9 Å². The van der Waals surface area contributed by atoms with Gasteiger partial charge in [-0.15, -0.1) is 0 Å². The van der Waals surface area contributed by atoms with Gasteiger partial charge in [-0.1, -0.05) is 6.92 Å². The molecule has 0 amide bonds. The molecule has 0 unspecified atom stereocenters. The zero-order valence-corrected chi connectivity index (χ0v) is 13.6. The molecule has 0 saturated heterocycles. The minimum Gasteiger partial charge on any atom is -0.333 e. The molecule has 0 aliphatic carbocycles. The van der Waals surface area contributed by atoms with Gasteiger partial charge >= 0.3 is 0 Å². The first kappa shape index (κ1) is 17.0. The van der Waals surface area contributed by atoms with E-state index in [9.17, 15) is 8.42 Å². The molecule has 1 rings (SSSR count). The molecule has 112 valence electrons. The van der Waals surface area contributed by atoms with Crippen molar-refractivity contribution in [3.63, 3.8) is 0 Å². The Labute approximate surface area is 125 Å². The van der Waals surface area contributed by atoms with E-state index in [4.69, 9.17) is 15.9 Å². The standard InChI is InChI=1S/C13H20ClN3O2S/c1-4-6-11-16-12(20(14,18)19)9-17(11)8-5-7-13(2,3)10-15/h9H,4-8H2,1-3H3. The van der Waals surface area contributed by atoms with Crippen LogP contribution >= 0.6 is 10.7 Å². The summed E-state index contributed by atoms with van der Waals surface area (Å²) in [5.41, 5.74) is -0.368. The van der Waals surface area contributed by atoms with Crippen LogP contribution in [0.25, 0.3) is 0 Å². The maximum atomic E-state index is 11.3. The van der Waals surface area contributed by atoms with Gasteiger partial charge in [-0.25, -0.2) is 13.4 Å². The van der Waals surface area contributed by atoms with Crippen LogP contribution in [-0.4, -0.2) is 18.0 Å². The molecular formula is C13H20ClN3O2S. The van der Waals surface area contributed by atoms with E-state index in [-0.39, 0.29) is 10.4 Å². The van der Waals surface area contributed by atoms with E-state index >= 15 is 0 Å². The highest BCUT2D eigenvalue weighted by Gasteiger charge is 2.19. The van der Waals surface area contributed by atoms with E-state index in [0.717, 1.165) is 25.1 Å². The first-order chi connectivity index (χ1) is 9.19. The lowest BCUT2D eigenvalue weighted by atomic mass is 9.90. The van der Waals surface area contributed by atoms with Crippen LogP contribution in [0, 0.1) is 16.7 Å². The smallest absolute Gasteiger partial charge is 0.280 e. The van der Waals surface area contributed by atoms with Crippen molar-refractivity contribution < 1.29 is 8.42 Å². The number of nitrogens with zero attached hydrogens (tertiary/aromatic N) is 3. The lowest BCUT2D eigenvalue weighted by Crippen LogP contribution is -2.10. The Bertz CT molecular complexity index is 600. The van der Waals surface area contributed by atoms with Gasteiger partial charge in [0.15, 0.2) is 5.03 Å². The van der Waals surface area contributed by atoms with Gasteiger partial charge in [-0.2, -0.15) is 5.26 Å². The lowest BCUT2D eigenvalue weighted by Gasteiger charge is -2.15. The topological polar surface area (TPSA) is 75.8 Å². The van der Waals surface area contributed by atoms with Crippen molar-refractivity contribution in [1.82, 2.24) is 9.55 Å². The first-order valence-corrected chi connectivity index (χ1v) is 8.92. The average molecular weight is 318 g/mol. The van der Waals surface area contributed by atoms with Gasteiger partial charge in [-0.05, 0) is 33.1 Å². The molecule has 0 radical (unpaired) electrons. The second-order valence-corrected chi connectivity index (χ2v) is 7.99. The normalized spacial score (nSPS) is 12.3. The second kappa shape index (κ2) is 6.59. The van der Waals surface area contributed by atoms with Gasteiger partial charge in [0, 0.05) is 29.8 Å². The molecule has 1 heterocycles. The van der Waals surface area contributed by atoms with Gasteiger partial charge in [0.05, 0.1) is 11.5 Å². The molecule has 1 aromatic rings. The number of rotatable bonds is 7. The van der Waals surface area contributed by atoms with Gasteiger partial charge in [0.25, 0.3) is 9.05 Å². The molecule has 0 fully saturated rings. The van der Waals surface area contributed by atoms with Gasteiger partial charge in [0.1, 0.15) is 5.82 Å². The van der Waals surface area contributed by atoms with E-state index in [2.05, 4.69) is 11.1 Å². The quantitative estimate of drug-likeness (QED) is 0.724. The Balaban J connectivity index is 2.84. The molecule has 1 aromatic heterocycles. The fraction of sp³-hybridized carbons (Fsp3) is 0.692. The van der Waals surface area contributed by atoms with E-state index < -0.39 is 9.05 Å². The van der Waals surface area contributed by atoms with Crippen molar-refractivity contribution in [2.24, 2.45) is 5.41 Å². The molecule has 7 heteroatoms. The average Bonchev–Trinajstić information content (AvgIpc) is 2.73. The fourth-order valence-electron chi connectivity index (χ4n) is 1.91. The Morgan fingerprint density at radius 1 is 1.50 bits per heavy atom. The van der Waals surface area contributed by atoms with E-state index in [1.54, 1.807) is 0 Å². The summed E-state index contributed by atoms with van der Waals surface area (Å²) >= 11 is 0. The number of imidazole rings is 1. The summed E-state index contributed by atoms with van der Waals surface area (Å²) < 4.78 is 24.5. The van der Waals surface area contributed by atoms with Crippen LogP contribution in [-0.2, 0) is 22.0 Å². The molecule has 0 aromatic carbocycles. The van der Waals surface area contributed by atoms with Crippen molar-refractivity contribution in [3.05, 3.63) is 12.0 Å². The number of hydrogen-bond acceptors (Lipinski definition) is 4. The molecule has 20 heavy (non-hydrogen) atoms. The van der Waals surface area contributed by atoms with Crippen molar-refractivity contribution in [2.75, 3.05) is 0 Å². The summed E-state index contributed by atoms with van der Waals surface area (Å²) in [4.78, 5) is 4.08. The Morgan fingerprint density at radius 3 is 2.65 bits per heavy atom. The highest BCUT2D eigenvalue weighted by Crippen LogP contribution is 2.22. The Kier molecular flexibility index (Phi) is 5.60. The van der Waals surface area contributed by atoms with Gasteiger partial charge in [0.2, 0.25) is 0 Å². The third-order valence-electron chi connectivity index (χ3n) is 3.06. The number of aromatic nitrogens is 2. The van der Waals surface area contributed by atoms with E-state index in [1.165, 1.54) is 6.20 Å². The lowest BCUT2D eigenvalue weighted by molar-refractivity contribution is 0.412. The molecular weight excluding hydrogens is 298 g/mol. The minimum absolute atomic E-state index is 0.0952. The molecule has 0 saturated carbocycles. The summed E-state index contributed by atoms with van der Waals surface area (Å²) in [6, 6.07) is 2.25. The highest BCUT2D eigenvalue weighted by atomic mass is 35.7. The molecule has 0 spiro atoms. The summed E-state index contributed by atoms with van der Waals surface area (Å²) in [5, 5.41) is 8.88. The summed E-state index contributed by atoms with van der Waals surface area (Å²) in [6.07, 6.45) is 4.59. The molecule has 0 aliphatic rings. The summed E-state index contributed by atoms with van der Waals surface area (Å²) in [6.45, 7) is 6.43. The summed E-state index contributed by atoms with van der Waals surface area (Å²) in [5.74, 6) is 0.724. The van der Waals surface area contributed by atoms with Crippen LogP contribution in [0.15, 0.2) is 11.2 Å². The fourth-order valence-corrected chi connectivity index (χ4v) is 2.60. The van der Waals surface area contributed by atoms with Crippen molar-refractivity contribution >= 4 is 19.7 Å². The maximum Gasteiger partial charge on any atom is 0.280 e. The summed E-state index contributed by atoms with van der Waals surface area (Å²) in [7, 11) is 1.53. The molecule has 0 aliphatic heterocycles. The van der Waals surface area contributed by atoms with E-state index in [1.807, 2.05) is 25.3 Å². The van der Waals surface area contributed by atoms with Crippen LogP contribution in [0.4, 0.5) is 0 Å². The van der Waals surface area contributed by atoms with Crippen LogP contribution in [0.5, 0.6) is 0 Å². The van der Waals surface area contributed by atoms with Crippen molar-refractivity contribution in [2.45, 2.75) is 58.0 Å². The van der Waals surface area contributed by atoms with Gasteiger partial charge < -0.3 is 4.57 Å². The van der Waals surface area contributed by atoms with Crippen LogP contribution in [0.3, 0.4) is 0 Å². The predicted octanol–water partition coefficient (Wildman–Crippen LogP) is 3.09. The number of halogens is 1. The van der Waals surface area contributed by atoms with Crippen LogP contribution in [0.2, 0.25) is 0 Å². The maximum absolute atomic E-state index is 11.3. The Morgan fingerprint density at radius 2 is 2.15 bits per heavy atom. The SMILES string of the molecule is CCCc1nc(S(=O)(=O)Cl)cn1CCCC(C)(C)C#N. The van der Waals surface area contributed by atoms with Crippen LogP contribution < -0.4 is 0 Å². The van der Waals surface area contributed by atoms with Gasteiger partial charge in [-0.3, -0.25) is 0 Å². The monoisotopic (exact) mass is 317 g/mol. The zero-order valence-electron chi connectivity index (χ0n) is 12.1. The zero-order chi connectivity index (χ0) is 15.4. The number of aryl methyl sites for hydroxylation is 2. The highest BCUT2D eigenvalue weighted by molar-refractivity contribution is 8.13.